The molecule has 0 aromatic heterocycles. The standard InChI is InChI=1S/C19H14N2O4/c20-12-14(11-10-13-6-2-1-3-7-13)19(24)25-21-17(22)15-8-4-5-9-16(15)18(21)23/h1-9,14H,10-11H2. The molecule has 2 aromatic rings. The van der Waals surface area contributed by atoms with Gasteiger partial charge in [0.2, 0.25) is 0 Å². The van der Waals surface area contributed by atoms with Gasteiger partial charge in [0, 0.05) is 0 Å². The van der Waals surface area contributed by atoms with Gasteiger partial charge in [-0.25, -0.2) is 4.79 Å². The van der Waals surface area contributed by atoms with Crippen LogP contribution in [0, 0.1) is 17.2 Å². The summed E-state index contributed by atoms with van der Waals surface area (Å²) in [7, 11) is 0. The number of hydrogen-bond acceptors (Lipinski definition) is 5. The number of hydroxylamine groups is 2. The molecule has 0 spiro atoms. The molecule has 124 valence electrons. The third kappa shape index (κ3) is 3.26. The first-order valence-corrected chi connectivity index (χ1v) is 7.75. The van der Waals surface area contributed by atoms with Crippen LogP contribution in [0.25, 0.3) is 0 Å². The highest BCUT2D eigenvalue weighted by Crippen LogP contribution is 2.23. The maximum atomic E-state index is 12.2. The van der Waals surface area contributed by atoms with Gasteiger partial charge >= 0.3 is 5.97 Å². The molecule has 0 bridgehead atoms. The normalized spacial score (nSPS) is 14.0. The number of carbonyl (C=O) groups excluding carboxylic acids is 3. The van der Waals surface area contributed by atoms with Gasteiger partial charge in [-0.1, -0.05) is 47.5 Å². The van der Waals surface area contributed by atoms with E-state index < -0.39 is 23.7 Å². The molecule has 0 saturated heterocycles. The van der Waals surface area contributed by atoms with Gasteiger partial charge in [-0.05, 0) is 30.5 Å². The Labute approximate surface area is 144 Å². The minimum Gasteiger partial charge on any atom is -0.328 e. The fourth-order valence-corrected chi connectivity index (χ4v) is 2.59. The first-order valence-electron chi connectivity index (χ1n) is 7.75. The highest BCUT2D eigenvalue weighted by Gasteiger charge is 2.39. The molecule has 3 rings (SSSR count). The summed E-state index contributed by atoms with van der Waals surface area (Å²) < 4.78 is 0. The molecule has 2 aromatic carbocycles. The van der Waals surface area contributed by atoms with Crippen molar-refractivity contribution in [2.24, 2.45) is 5.92 Å². The average molecular weight is 334 g/mol. The molecule has 6 heteroatoms. The largest absolute Gasteiger partial charge is 0.350 e. The number of fused-ring (bicyclic) bond motifs is 1. The summed E-state index contributed by atoms with van der Waals surface area (Å²) in [6.07, 6.45) is 0.749. The highest BCUT2D eigenvalue weighted by molar-refractivity contribution is 6.20. The van der Waals surface area contributed by atoms with Crippen LogP contribution < -0.4 is 0 Å². The Morgan fingerprint density at radius 3 is 2.12 bits per heavy atom. The number of carbonyl (C=O) groups is 3. The van der Waals surface area contributed by atoms with Crippen LogP contribution in [0.15, 0.2) is 54.6 Å². The zero-order valence-corrected chi connectivity index (χ0v) is 13.2. The lowest BCUT2D eigenvalue weighted by Gasteiger charge is -2.15. The lowest BCUT2D eigenvalue weighted by atomic mass is 10.0. The molecule has 1 unspecified atom stereocenters. The average Bonchev–Trinajstić information content (AvgIpc) is 2.88. The van der Waals surface area contributed by atoms with Crippen LogP contribution in [-0.4, -0.2) is 22.8 Å². The highest BCUT2D eigenvalue weighted by atomic mass is 16.7. The number of amides is 2. The Hall–Kier alpha value is -3.46. The van der Waals surface area contributed by atoms with Gasteiger partial charge in [0.15, 0.2) is 0 Å². The van der Waals surface area contributed by atoms with E-state index in [0.717, 1.165) is 5.56 Å². The van der Waals surface area contributed by atoms with Crippen LogP contribution in [0.3, 0.4) is 0 Å². The van der Waals surface area contributed by atoms with Gasteiger partial charge in [0.1, 0.15) is 5.92 Å². The molecule has 25 heavy (non-hydrogen) atoms. The molecule has 1 aliphatic rings. The third-order valence-corrected chi connectivity index (χ3v) is 3.94. The number of hydrogen-bond donors (Lipinski definition) is 0. The molecule has 0 N–H and O–H groups in total. The van der Waals surface area contributed by atoms with Gasteiger partial charge in [-0.15, -0.1) is 0 Å². The van der Waals surface area contributed by atoms with Crippen molar-refractivity contribution < 1.29 is 19.2 Å². The van der Waals surface area contributed by atoms with Gasteiger partial charge in [-0.3, -0.25) is 9.59 Å². The first kappa shape index (κ1) is 16.4. The van der Waals surface area contributed by atoms with Crippen molar-refractivity contribution in [1.82, 2.24) is 5.06 Å². The van der Waals surface area contributed by atoms with Crippen LogP contribution in [0.5, 0.6) is 0 Å². The van der Waals surface area contributed by atoms with Crippen LogP contribution in [0.2, 0.25) is 0 Å². The van der Waals surface area contributed by atoms with Gasteiger partial charge in [0.05, 0.1) is 17.2 Å². The predicted octanol–water partition coefficient (Wildman–Crippen LogP) is 2.51. The van der Waals surface area contributed by atoms with E-state index in [0.29, 0.717) is 11.5 Å². The van der Waals surface area contributed by atoms with Crippen molar-refractivity contribution in [2.45, 2.75) is 12.8 Å². The summed E-state index contributed by atoms with van der Waals surface area (Å²) in [6, 6.07) is 17.5. The number of rotatable bonds is 5. The van der Waals surface area contributed by atoms with E-state index in [1.54, 1.807) is 12.1 Å². The fraction of sp³-hybridized carbons (Fsp3) is 0.158. The zero-order valence-electron chi connectivity index (χ0n) is 13.2. The molecule has 0 aliphatic carbocycles. The Morgan fingerprint density at radius 1 is 1.00 bits per heavy atom. The maximum absolute atomic E-state index is 12.2. The summed E-state index contributed by atoms with van der Waals surface area (Å²) in [4.78, 5) is 41.5. The number of imide groups is 1. The van der Waals surface area contributed by atoms with Crippen LogP contribution in [0.1, 0.15) is 32.7 Å². The van der Waals surface area contributed by atoms with E-state index >= 15 is 0 Å². The van der Waals surface area contributed by atoms with Gasteiger partial charge in [0.25, 0.3) is 11.8 Å². The van der Waals surface area contributed by atoms with Crippen LogP contribution in [0.4, 0.5) is 0 Å². The lowest BCUT2D eigenvalue weighted by molar-refractivity contribution is -0.171. The second kappa shape index (κ2) is 6.97. The van der Waals surface area contributed by atoms with Gasteiger partial charge in [-0.2, -0.15) is 5.26 Å². The van der Waals surface area contributed by atoms with Crippen molar-refractivity contribution in [1.29, 1.82) is 5.26 Å². The second-order valence-electron chi connectivity index (χ2n) is 5.57. The van der Waals surface area contributed by atoms with Crippen molar-refractivity contribution in [3.05, 3.63) is 71.3 Å². The monoisotopic (exact) mass is 334 g/mol. The first-order chi connectivity index (χ1) is 12.1. The number of benzene rings is 2. The Balaban J connectivity index is 1.66. The summed E-state index contributed by atoms with van der Waals surface area (Å²) >= 11 is 0. The molecule has 1 heterocycles. The third-order valence-electron chi connectivity index (χ3n) is 3.94. The van der Waals surface area contributed by atoms with E-state index in [-0.39, 0.29) is 17.5 Å². The molecular weight excluding hydrogens is 320 g/mol. The molecule has 6 nitrogen and oxygen atoms in total. The van der Waals surface area contributed by atoms with Crippen molar-refractivity contribution >= 4 is 17.8 Å². The predicted molar refractivity (Wildman–Crippen MR) is 86.9 cm³/mol. The number of nitriles is 1. The quantitative estimate of drug-likeness (QED) is 0.784. The Bertz CT molecular complexity index is 835. The molecule has 0 fully saturated rings. The zero-order chi connectivity index (χ0) is 17.8. The summed E-state index contributed by atoms with van der Waals surface area (Å²) in [5.74, 6) is -3.38. The SMILES string of the molecule is N#CC(CCc1ccccc1)C(=O)ON1C(=O)c2ccccc2C1=O. The van der Waals surface area contributed by atoms with E-state index in [1.165, 1.54) is 12.1 Å². The van der Waals surface area contributed by atoms with E-state index in [1.807, 2.05) is 36.4 Å². The minimum atomic E-state index is -1.07. The summed E-state index contributed by atoms with van der Waals surface area (Å²) in [5, 5.41) is 9.64. The fourth-order valence-electron chi connectivity index (χ4n) is 2.59. The Kier molecular flexibility index (Phi) is 4.57. The van der Waals surface area contributed by atoms with Crippen molar-refractivity contribution in [3.63, 3.8) is 0 Å². The van der Waals surface area contributed by atoms with Crippen LogP contribution in [-0.2, 0) is 16.1 Å². The Morgan fingerprint density at radius 2 is 1.56 bits per heavy atom. The topological polar surface area (TPSA) is 87.5 Å². The molecule has 2 amide bonds. The maximum Gasteiger partial charge on any atom is 0.350 e. The van der Waals surface area contributed by atoms with E-state index in [9.17, 15) is 19.6 Å². The van der Waals surface area contributed by atoms with E-state index in [4.69, 9.17) is 4.84 Å². The minimum absolute atomic E-state index is 0.179. The second-order valence-corrected chi connectivity index (χ2v) is 5.57. The molecule has 1 aliphatic heterocycles. The molecular formula is C19H14N2O4. The molecule has 0 radical (unpaired) electrons. The van der Waals surface area contributed by atoms with Crippen LogP contribution >= 0.6 is 0 Å². The molecule has 0 saturated carbocycles. The number of nitrogens with zero attached hydrogens (tertiary/aromatic N) is 2. The summed E-state index contributed by atoms with van der Waals surface area (Å²) in [6.45, 7) is 0. The summed E-state index contributed by atoms with van der Waals surface area (Å²) in [5.41, 5.74) is 1.34. The smallest absolute Gasteiger partial charge is 0.328 e. The van der Waals surface area contributed by atoms with E-state index in [2.05, 4.69) is 0 Å². The molecule has 1 atom stereocenters. The number of aryl methyl sites for hydroxylation is 1. The van der Waals surface area contributed by atoms with Crippen molar-refractivity contribution in [2.75, 3.05) is 0 Å². The van der Waals surface area contributed by atoms with Crippen molar-refractivity contribution in [3.8, 4) is 6.07 Å². The van der Waals surface area contributed by atoms with Gasteiger partial charge < -0.3 is 4.84 Å². The lowest BCUT2D eigenvalue weighted by Crippen LogP contribution is -2.35.